The van der Waals surface area contributed by atoms with E-state index in [-0.39, 0.29) is 6.54 Å². The Labute approximate surface area is 137 Å². The molecule has 3 atom stereocenters. The molecule has 10 nitrogen and oxygen atoms in total. The number of aliphatic carboxylic acids is 1. The number of hydrogen-bond donors (Lipinski definition) is 1. The highest BCUT2D eigenvalue weighted by atomic mass is 16.6. The first kappa shape index (κ1) is 19.4. The molecule has 0 bridgehead atoms. The molecule has 0 aromatic rings. The summed E-state index contributed by atoms with van der Waals surface area (Å²) in [6.07, 6.45) is -3.09. The highest BCUT2D eigenvalue weighted by molar-refractivity contribution is 5.93. The van der Waals surface area contributed by atoms with Crippen LogP contribution in [-0.4, -0.2) is 71.7 Å². The van der Waals surface area contributed by atoms with Crippen LogP contribution in [0, 0.1) is 0 Å². The largest absolute Gasteiger partial charge is 0.478 e. The van der Waals surface area contributed by atoms with Gasteiger partial charge < -0.3 is 24.2 Å². The molecule has 0 aromatic carbocycles. The summed E-state index contributed by atoms with van der Waals surface area (Å²) in [7, 11) is 1.16. The van der Waals surface area contributed by atoms with E-state index in [0.717, 1.165) is 25.9 Å². The molecule has 0 aliphatic carbocycles. The SMILES string of the molecule is COC(=O)C1CCCN1C(=O)[C@@H](OC(C)=O)[C@H](OC(C)=O)C(=O)O. The third-order valence-electron chi connectivity index (χ3n) is 3.36. The van der Waals surface area contributed by atoms with Gasteiger partial charge in [0.1, 0.15) is 6.04 Å². The fourth-order valence-electron chi connectivity index (χ4n) is 2.42. The minimum absolute atomic E-state index is 0.156. The lowest BCUT2D eigenvalue weighted by molar-refractivity contribution is -0.184. The number of amides is 1. The predicted molar refractivity (Wildman–Crippen MR) is 75.5 cm³/mol. The predicted octanol–water partition coefficient (Wildman–Crippen LogP) is -0.902. The molecule has 1 N–H and O–H groups in total. The van der Waals surface area contributed by atoms with Crippen molar-refractivity contribution >= 4 is 29.8 Å². The Morgan fingerprint density at radius 1 is 1.04 bits per heavy atom. The molecule has 1 amide bonds. The van der Waals surface area contributed by atoms with Crippen molar-refractivity contribution in [3.05, 3.63) is 0 Å². The van der Waals surface area contributed by atoms with Gasteiger partial charge in [-0.05, 0) is 12.8 Å². The maximum absolute atomic E-state index is 12.6. The summed E-state index contributed by atoms with van der Waals surface area (Å²) in [5, 5.41) is 9.19. The Hall–Kier alpha value is -2.65. The smallest absolute Gasteiger partial charge is 0.349 e. The normalized spacial score (nSPS) is 19.1. The maximum atomic E-state index is 12.6. The molecule has 1 saturated heterocycles. The summed E-state index contributed by atoms with van der Waals surface area (Å²) in [6.45, 7) is 2.09. The van der Waals surface area contributed by atoms with Crippen LogP contribution in [0.1, 0.15) is 26.7 Å². The van der Waals surface area contributed by atoms with Gasteiger partial charge in [0.15, 0.2) is 0 Å². The van der Waals surface area contributed by atoms with Crippen LogP contribution in [0.2, 0.25) is 0 Å². The zero-order valence-corrected chi connectivity index (χ0v) is 13.5. The molecule has 0 spiro atoms. The molecule has 0 saturated carbocycles. The minimum atomic E-state index is -2.02. The number of carbonyl (C=O) groups excluding carboxylic acids is 4. The number of nitrogens with zero attached hydrogens (tertiary/aromatic N) is 1. The van der Waals surface area contributed by atoms with E-state index in [1.54, 1.807) is 0 Å². The van der Waals surface area contributed by atoms with Gasteiger partial charge in [0, 0.05) is 20.4 Å². The second-order valence-electron chi connectivity index (χ2n) is 5.11. The maximum Gasteiger partial charge on any atom is 0.349 e. The summed E-state index contributed by atoms with van der Waals surface area (Å²) in [5.74, 6) is -5.15. The van der Waals surface area contributed by atoms with Gasteiger partial charge in [-0.25, -0.2) is 9.59 Å². The fraction of sp³-hybridized carbons (Fsp3) is 0.643. The Morgan fingerprint density at radius 3 is 2.04 bits per heavy atom. The molecule has 24 heavy (non-hydrogen) atoms. The Balaban J connectivity index is 3.11. The van der Waals surface area contributed by atoms with Crippen LogP contribution in [0.4, 0.5) is 0 Å². The number of carboxylic acids is 1. The van der Waals surface area contributed by atoms with Gasteiger partial charge >= 0.3 is 23.9 Å². The molecule has 1 aliphatic rings. The van der Waals surface area contributed by atoms with Crippen molar-refractivity contribution in [2.24, 2.45) is 0 Å². The number of ether oxygens (including phenoxy) is 3. The van der Waals surface area contributed by atoms with Crippen molar-refractivity contribution in [1.29, 1.82) is 0 Å². The Morgan fingerprint density at radius 2 is 1.58 bits per heavy atom. The molecule has 1 fully saturated rings. The van der Waals surface area contributed by atoms with Crippen molar-refractivity contribution in [2.45, 2.75) is 44.9 Å². The van der Waals surface area contributed by atoms with Gasteiger partial charge in [-0.2, -0.15) is 0 Å². The van der Waals surface area contributed by atoms with Crippen LogP contribution < -0.4 is 0 Å². The van der Waals surface area contributed by atoms with Crippen LogP contribution in [0.3, 0.4) is 0 Å². The Bertz CT molecular complexity index is 544. The van der Waals surface area contributed by atoms with Gasteiger partial charge in [-0.1, -0.05) is 0 Å². The lowest BCUT2D eigenvalue weighted by Crippen LogP contribution is -2.53. The molecule has 1 unspecified atom stereocenters. The minimum Gasteiger partial charge on any atom is -0.478 e. The van der Waals surface area contributed by atoms with Gasteiger partial charge in [0.25, 0.3) is 5.91 Å². The van der Waals surface area contributed by atoms with E-state index < -0.39 is 48.0 Å². The molecule has 134 valence electrons. The first-order chi connectivity index (χ1) is 11.2. The van der Waals surface area contributed by atoms with Crippen molar-refractivity contribution in [3.8, 4) is 0 Å². The standard InChI is InChI=1S/C14H19NO9/c1-7(16)23-10(11(13(19)20)24-8(2)17)12(18)15-6-4-5-9(15)14(21)22-3/h9-11H,4-6H2,1-3H3,(H,19,20)/t9?,10-,11-/m0/s1. The third-order valence-corrected chi connectivity index (χ3v) is 3.36. The number of rotatable bonds is 6. The lowest BCUT2D eigenvalue weighted by atomic mass is 10.1. The van der Waals surface area contributed by atoms with Crippen LogP contribution in [-0.2, 0) is 38.2 Å². The monoisotopic (exact) mass is 345 g/mol. The lowest BCUT2D eigenvalue weighted by Gasteiger charge is -2.29. The molecular weight excluding hydrogens is 326 g/mol. The second-order valence-corrected chi connectivity index (χ2v) is 5.11. The second kappa shape index (κ2) is 8.27. The van der Waals surface area contributed by atoms with E-state index in [9.17, 15) is 29.1 Å². The van der Waals surface area contributed by atoms with Crippen LogP contribution in [0.5, 0.6) is 0 Å². The van der Waals surface area contributed by atoms with Crippen LogP contribution in [0.25, 0.3) is 0 Å². The quantitative estimate of drug-likeness (QED) is 0.479. The average Bonchev–Trinajstić information content (AvgIpc) is 2.97. The number of likely N-dealkylation sites (tertiary alicyclic amines) is 1. The number of hydrogen-bond acceptors (Lipinski definition) is 8. The molecule has 1 heterocycles. The molecule has 0 radical (unpaired) electrons. The van der Waals surface area contributed by atoms with Gasteiger partial charge in [-0.3, -0.25) is 14.4 Å². The summed E-state index contributed by atoms with van der Waals surface area (Å²) >= 11 is 0. The van der Waals surface area contributed by atoms with Crippen LogP contribution in [0.15, 0.2) is 0 Å². The third kappa shape index (κ3) is 4.67. The number of carboxylic acid groups (broad SMARTS) is 1. The Kier molecular flexibility index (Phi) is 6.69. The molecule has 1 rings (SSSR count). The van der Waals surface area contributed by atoms with Crippen molar-refractivity contribution in [3.63, 3.8) is 0 Å². The zero-order chi connectivity index (χ0) is 18.4. The average molecular weight is 345 g/mol. The van der Waals surface area contributed by atoms with E-state index >= 15 is 0 Å². The van der Waals surface area contributed by atoms with E-state index in [0.29, 0.717) is 12.8 Å². The van der Waals surface area contributed by atoms with E-state index in [2.05, 4.69) is 9.47 Å². The van der Waals surface area contributed by atoms with Gasteiger partial charge in [0.2, 0.25) is 12.2 Å². The van der Waals surface area contributed by atoms with Gasteiger partial charge in [-0.15, -0.1) is 0 Å². The summed E-state index contributed by atoms with van der Waals surface area (Å²) in [4.78, 5) is 59.1. The fourth-order valence-corrected chi connectivity index (χ4v) is 2.42. The van der Waals surface area contributed by atoms with E-state index in [1.165, 1.54) is 0 Å². The molecule has 1 aliphatic heterocycles. The highest BCUT2D eigenvalue weighted by Gasteiger charge is 2.45. The molecule has 10 heteroatoms. The van der Waals surface area contributed by atoms with E-state index in [4.69, 9.17) is 4.74 Å². The topological polar surface area (TPSA) is 137 Å². The molecular formula is C14H19NO9. The van der Waals surface area contributed by atoms with E-state index in [1.807, 2.05) is 0 Å². The molecule has 0 aromatic heterocycles. The first-order valence-electron chi connectivity index (χ1n) is 7.14. The van der Waals surface area contributed by atoms with Gasteiger partial charge in [0.05, 0.1) is 7.11 Å². The highest BCUT2D eigenvalue weighted by Crippen LogP contribution is 2.22. The van der Waals surface area contributed by atoms with Crippen molar-refractivity contribution < 1.29 is 43.3 Å². The first-order valence-corrected chi connectivity index (χ1v) is 7.14. The van der Waals surface area contributed by atoms with Crippen molar-refractivity contribution in [1.82, 2.24) is 4.90 Å². The summed E-state index contributed by atoms with van der Waals surface area (Å²) in [6, 6.07) is -0.910. The summed E-state index contributed by atoms with van der Waals surface area (Å²) in [5.41, 5.74) is 0. The van der Waals surface area contributed by atoms with Crippen LogP contribution >= 0.6 is 0 Å². The number of methoxy groups -OCH3 is 1. The van der Waals surface area contributed by atoms with Crippen molar-refractivity contribution in [2.75, 3.05) is 13.7 Å². The number of carbonyl (C=O) groups is 5. The summed E-state index contributed by atoms with van der Waals surface area (Å²) < 4.78 is 14.0. The zero-order valence-electron chi connectivity index (χ0n) is 13.5. The number of esters is 3.